The van der Waals surface area contributed by atoms with Gasteiger partial charge in [-0.2, -0.15) is 0 Å². The van der Waals surface area contributed by atoms with Crippen LogP contribution in [0.1, 0.15) is 28.8 Å². The Hall–Kier alpha value is -1.88. The molecule has 0 radical (unpaired) electrons. The van der Waals surface area contributed by atoms with Crippen LogP contribution in [0.25, 0.3) is 0 Å². The summed E-state index contributed by atoms with van der Waals surface area (Å²) in [4.78, 5) is 24.6. The van der Waals surface area contributed by atoms with Crippen LogP contribution in [0.3, 0.4) is 0 Å². The number of nitrogens with zero attached hydrogens (tertiary/aromatic N) is 1. The van der Waals surface area contributed by atoms with E-state index in [0.29, 0.717) is 19.4 Å². The molecular weight excluding hydrogens is 258 g/mol. The van der Waals surface area contributed by atoms with E-state index >= 15 is 0 Å². The molecule has 1 atom stereocenters. The molecule has 0 spiro atoms. The topological polar surface area (TPSA) is 66.8 Å². The molecule has 0 unspecified atom stereocenters. The fraction of sp³-hybridized carbons (Fsp3) is 0.467. The van der Waals surface area contributed by atoms with Crippen molar-refractivity contribution in [2.24, 2.45) is 0 Å². The molecule has 5 nitrogen and oxygen atoms in total. The maximum absolute atomic E-state index is 12.0. The number of aromatic carboxylic acids is 1. The second-order valence-electron chi connectivity index (χ2n) is 4.99. The van der Waals surface area contributed by atoms with Gasteiger partial charge in [-0.15, -0.1) is 0 Å². The predicted molar refractivity (Wildman–Crippen MR) is 73.7 cm³/mol. The third kappa shape index (κ3) is 3.57. The van der Waals surface area contributed by atoms with Gasteiger partial charge in [0.25, 0.3) is 0 Å². The number of hydrogen-bond donors (Lipinski definition) is 1. The Morgan fingerprint density at radius 1 is 1.35 bits per heavy atom. The van der Waals surface area contributed by atoms with Crippen LogP contribution in [-0.2, 0) is 16.0 Å². The Balaban J connectivity index is 1.83. The quantitative estimate of drug-likeness (QED) is 0.887. The standard InChI is InChI=1S/C15H19NO4/c1-20-13-8-9-16(10-13)14(17)7-4-11-2-5-12(6-3-11)15(18)19/h2-3,5-6,13H,4,7-10H2,1H3,(H,18,19)/t13-/m0/s1. The molecule has 0 saturated carbocycles. The lowest BCUT2D eigenvalue weighted by Gasteiger charge is -2.16. The summed E-state index contributed by atoms with van der Waals surface area (Å²) in [5.74, 6) is -0.804. The van der Waals surface area contributed by atoms with Crippen molar-refractivity contribution in [3.63, 3.8) is 0 Å². The molecule has 0 bridgehead atoms. The summed E-state index contributed by atoms with van der Waals surface area (Å²) in [6, 6.07) is 6.66. The van der Waals surface area contributed by atoms with Crippen molar-refractivity contribution in [2.75, 3.05) is 20.2 Å². The van der Waals surface area contributed by atoms with E-state index in [0.717, 1.165) is 18.5 Å². The van der Waals surface area contributed by atoms with Gasteiger partial charge >= 0.3 is 5.97 Å². The molecule has 0 aliphatic carbocycles. The average Bonchev–Trinajstić information content (AvgIpc) is 2.94. The van der Waals surface area contributed by atoms with E-state index in [-0.39, 0.29) is 17.6 Å². The fourth-order valence-electron chi connectivity index (χ4n) is 2.37. The maximum atomic E-state index is 12.0. The van der Waals surface area contributed by atoms with Crippen LogP contribution < -0.4 is 0 Å². The Morgan fingerprint density at radius 3 is 2.60 bits per heavy atom. The molecule has 1 saturated heterocycles. The minimum atomic E-state index is -0.935. The first-order valence-corrected chi connectivity index (χ1v) is 6.73. The van der Waals surface area contributed by atoms with Crippen molar-refractivity contribution in [1.82, 2.24) is 4.90 Å². The van der Waals surface area contributed by atoms with Gasteiger partial charge < -0.3 is 14.7 Å². The summed E-state index contributed by atoms with van der Waals surface area (Å²) in [7, 11) is 1.67. The summed E-state index contributed by atoms with van der Waals surface area (Å²) < 4.78 is 5.24. The van der Waals surface area contributed by atoms with E-state index in [1.165, 1.54) is 0 Å². The number of carboxylic acids is 1. The average molecular weight is 277 g/mol. The number of aryl methyl sites for hydroxylation is 1. The number of carbonyl (C=O) groups is 2. The van der Waals surface area contributed by atoms with E-state index in [1.54, 1.807) is 31.4 Å². The van der Waals surface area contributed by atoms with Crippen LogP contribution in [0.5, 0.6) is 0 Å². The molecule has 1 amide bonds. The zero-order chi connectivity index (χ0) is 14.5. The molecule has 1 aromatic rings. The number of amides is 1. The SMILES string of the molecule is CO[C@H]1CCN(C(=O)CCc2ccc(C(=O)O)cc2)C1. The zero-order valence-electron chi connectivity index (χ0n) is 11.5. The minimum Gasteiger partial charge on any atom is -0.478 e. The van der Waals surface area contributed by atoms with E-state index < -0.39 is 5.97 Å². The maximum Gasteiger partial charge on any atom is 0.335 e. The molecule has 2 rings (SSSR count). The second-order valence-corrected chi connectivity index (χ2v) is 4.99. The predicted octanol–water partition coefficient (Wildman–Crippen LogP) is 1.56. The molecule has 1 aliphatic heterocycles. The van der Waals surface area contributed by atoms with E-state index in [4.69, 9.17) is 9.84 Å². The normalized spacial score (nSPS) is 18.2. The lowest BCUT2D eigenvalue weighted by atomic mass is 10.1. The van der Waals surface area contributed by atoms with Crippen LogP contribution in [0.4, 0.5) is 0 Å². The summed E-state index contributed by atoms with van der Waals surface area (Å²) in [5, 5.41) is 8.81. The second kappa shape index (κ2) is 6.52. The van der Waals surface area contributed by atoms with Crippen molar-refractivity contribution in [2.45, 2.75) is 25.4 Å². The van der Waals surface area contributed by atoms with Crippen LogP contribution in [0.15, 0.2) is 24.3 Å². The number of methoxy groups -OCH3 is 1. The molecule has 5 heteroatoms. The van der Waals surface area contributed by atoms with Gasteiger partial charge in [-0.05, 0) is 30.5 Å². The van der Waals surface area contributed by atoms with E-state index in [1.807, 2.05) is 4.90 Å². The summed E-state index contributed by atoms with van der Waals surface area (Å²) >= 11 is 0. The molecule has 108 valence electrons. The van der Waals surface area contributed by atoms with Gasteiger partial charge in [0.15, 0.2) is 0 Å². The first-order valence-electron chi connectivity index (χ1n) is 6.73. The van der Waals surface area contributed by atoms with Gasteiger partial charge in [0, 0.05) is 26.6 Å². The highest BCUT2D eigenvalue weighted by molar-refractivity contribution is 5.87. The van der Waals surface area contributed by atoms with Gasteiger partial charge in [-0.25, -0.2) is 4.79 Å². The molecule has 20 heavy (non-hydrogen) atoms. The van der Waals surface area contributed by atoms with Gasteiger partial charge in [0.05, 0.1) is 11.7 Å². The largest absolute Gasteiger partial charge is 0.478 e. The number of carbonyl (C=O) groups excluding carboxylic acids is 1. The first-order chi connectivity index (χ1) is 9.60. The Labute approximate surface area is 118 Å². The highest BCUT2D eigenvalue weighted by Gasteiger charge is 2.25. The molecule has 1 heterocycles. The smallest absolute Gasteiger partial charge is 0.335 e. The Morgan fingerprint density at radius 2 is 2.05 bits per heavy atom. The van der Waals surface area contributed by atoms with Crippen LogP contribution >= 0.6 is 0 Å². The van der Waals surface area contributed by atoms with Crippen molar-refractivity contribution in [1.29, 1.82) is 0 Å². The number of likely N-dealkylation sites (tertiary alicyclic amines) is 1. The van der Waals surface area contributed by atoms with E-state index in [2.05, 4.69) is 0 Å². The summed E-state index contributed by atoms with van der Waals surface area (Å²) in [6.07, 6.45) is 2.14. The Kier molecular flexibility index (Phi) is 4.74. The van der Waals surface area contributed by atoms with Crippen molar-refractivity contribution < 1.29 is 19.4 Å². The van der Waals surface area contributed by atoms with Gasteiger partial charge in [-0.1, -0.05) is 12.1 Å². The number of carboxylic acid groups (broad SMARTS) is 1. The lowest BCUT2D eigenvalue weighted by molar-refractivity contribution is -0.130. The van der Waals surface area contributed by atoms with Gasteiger partial charge in [0.1, 0.15) is 0 Å². The van der Waals surface area contributed by atoms with Crippen LogP contribution in [0, 0.1) is 0 Å². The zero-order valence-corrected chi connectivity index (χ0v) is 11.5. The van der Waals surface area contributed by atoms with Crippen molar-refractivity contribution in [3.05, 3.63) is 35.4 Å². The fourth-order valence-corrected chi connectivity index (χ4v) is 2.37. The number of benzene rings is 1. The minimum absolute atomic E-state index is 0.131. The van der Waals surface area contributed by atoms with Gasteiger partial charge in [-0.3, -0.25) is 4.79 Å². The lowest BCUT2D eigenvalue weighted by Crippen LogP contribution is -2.30. The van der Waals surface area contributed by atoms with Crippen LogP contribution in [-0.4, -0.2) is 48.2 Å². The highest BCUT2D eigenvalue weighted by Crippen LogP contribution is 2.14. The number of ether oxygens (including phenoxy) is 1. The number of rotatable bonds is 5. The molecule has 1 fully saturated rings. The highest BCUT2D eigenvalue weighted by atomic mass is 16.5. The summed E-state index contributed by atoms with van der Waals surface area (Å²) in [6.45, 7) is 1.43. The monoisotopic (exact) mass is 277 g/mol. The van der Waals surface area contributed by atoms with Crippen molar-refractivity contribution >= 4 is 11.9 Å². The first kappa shape index (κ1) is 14.5. The Bertz CT molecular complexity index is 483. The molecule has 1 aliphatic rings. The molecule has 1 N–H and O–H groups in total. The van der Waals surface area contributed by atoms with E-state index in [9.17, 15) is 9.59 Å². The molecule has 1 aromatic carbocycles. The van der Waals surface area contributed by atoms with Gasteiger partial charge in [0.2, 0.25) is 5.91 Å². The van der Waals surface area contributed by atoms with Crippen LogP contribution in [0.2, 0.25) is 0 Å². The molecule has 0 aromatic heterocycles. The third-order valence-electron chi connectivity index (χ3n) is 3.66. The third-order valence-corrected chi connectivity index (χ3v) is 3.66. The van der Waals surface area contributed by atoms with Crippen molar-refractivity contribution in [3.8, 4) is 0 Å². The summed E-state index contributed by atoms with van der Waals surface area (Å²) in [5.41, 5.74) is 1.24. The molecular formula is C15H19NO4. The number of hydrogen-bond acceptors (Lipinski definition) is 3.